The molecule has 1 heterocycles. The van der Waals surface area contributed by atoms with Crippen molar-refractivity contribution in [3.8, 4) is 0 Å². The minimum Gasteiger partial charge on any atom is -0.300 e. The summed E-state index contributed by atoms with van der Waals surface area (Å²) in [6.07, 6.45) is 0.792. The Balaban J connectivity index is 2.28. The van der Waals surface area contributed by atoms with Crippen LogP contribution in [0.2, 0.25) is 0 Å². The Labute approximate surface area is 112 Å². The number of rotatable bonds is 6. The van der Waals surface area contributed by atoms with Crippen LogP contribution in [0.25, 0.3) is 0 Å². The summed E-state index contributed by atoms with van der Waals surface area (Å²) in [6.45, 7) is 6.27. The lowest BCUT2D eigenvalue weighted by atomic mass is 10.1. The summed E-state index contributed by atoms with van der Waals surface area (Å²) in [7, 11) is 0. The van der Waals surface area contributed by atoms with Gasteiger partial charge in [-0.2, -0.15) is 0 Å². The molecule has 1 unspecified atom stereocenters. The molecule has 0 aliphatic carbocycles. The summed E-state index contributed by atoms with van der Waals surface area (Å²) in [6, 6.07) is 0.380. The van der Waals surface area contributed by atoms with E-state index in [9.17, 15) is 9.59 Å². The van der Waals surface area contributed by atoms with Gasteiger partial charge in [0.05, 0.1) is 0 Å². The van der Waals surface area contributed by atoms with Gasteiger partial charge < -0.3 is 4.90 Å². The van der Waals surface area contributed by atoms with Gasteiger partial charge in [0.1, 0.15) is 0 Å². The van der Waals surface area contributed by atoms with Gasteiger partial charge in [0.25, 0.3) is 0 Å². The molecule has 0 spiro atoms. The van der Waals surface area contributed by atoms with Crippen LogP contribution in [0, 0.1) is 0 Å². The minimum absolute atomic E-state index is 0.284. The third-order valence-electron chi connectivity index (χ3n) is 3.07. The van der Waals surface area contributed by atoms with Crippen LogP contribution in [-0.4, -0.2) is 59.1 Å². The highest BCUT2D eigenvalue weighted by Gasteiger charge is 2.23. The van der Waals surface area contributed by atoms with Crippen molar-refractivity contribution < 1.29 is 9.59 Å². The van der Waals surface area contributed by atoms with E-state index in [1.54, 1.807) is 0 Å². The van der Waals surface area contributed by atoms with Crippen LogP contribution < -0.4 is 0 Å². The van der Waals surface area contributed by atoms with E-state index in [0.717, 1.165) is 26.2 Å². The van der Waals surface area contributed by atoms with Gasteiger partial charge >= 0.3 is 0 Å². The average Bonchev–Trinajstić information content (AvgIpc) is 2.24. The van der Waals surface area contributed by atoms with Crippen LogP contribution in [0.5, 0.6) is 0 Å². The van der Waals surface area contributed by atoms with Crippen molar-refractivity contribution in [3.05, 3.63) is 0 Å². The summed E-state index contributed by atoms with van der Waals surface area (Å²) in [5.41, 5.74) is 0. The largest absolute Gasteiger partial charge is 0.300 e. The fourth-order valence-electron chi connectivity index (χ4n) is 2.08. The Morgan fingerprint density at radius 3 is 2.24 bits per heavy atom. The molecule has 1 aliphatic heterocycles. The molecule has 1 rings (SSSR count). The van der Waals surface area contributed by atoms with Crippen LogP contribution >= 0.6 is 23.2 Å². The van der Waals surface area contributed by atoms with Crippen molar-refractivity contribution in [2.75, 3.05) is 32.7 Å². The molecule has 0 radical (unpaired) electrons. The second-order valence-corrected chi connectivity index (χ2v) is 5.24. The molecular weight excluding hydrogens is 263 g/mol. The highest BCUT2D eigenvalue weighted by Crippen LogP contribution is 2.11. The van der Waals surface area contributed by atoms with Crippen LogP contribution in [0.1, 0.15) is 19.8 Å². The Bertz CT molecular complexity index is 287. The standard InChI is InChI=1S/C11H18Cl2N2O2/c1-9-8-14(4-2-10(12)16)6-7-15(9)5-3-11(13)17/h9H,2-8H2,1H3. The van der Waals surface area contributed by atoms with Crippen molar-refractivity contribution in [1.29, 1.82) is 0 Å². The van der Waals surface area contributed by atoms with Gasteiger partial charge in [-0.25, -0.2) is 0 Å². The zero-order chi connectivity index (χ0) is 12.8. The number of nitrogens with zero attached hydrogens (tertiary/aromatic N) is 2. The molecule has 0 aromatic carbocycles. The molecule has 0 N–H and O–H groups in total. The molecular formula is C11H18Cl2N2O2. The summed E-state index contributed by atoms with van der Waals surface area (Å²) in [5, 5.41) is -0.569. The smallest absolute Gasteiger partial charge is 0.222 e. The van der Waals surface area contributed by atoms with Crippen molar-refractivity contribution >= 4 is 33.7 Å². The molecule has 1 aliphatic rings. The maximum Gasteiger partial charge on any atom is 0.222 e. The van der Waals surface area contributed by atoms with E-state index in [4.69, 9.17) is 23.2 Å². The van der Waals surface area contributed by atoms with E-state index in [-0.39, 0.29) is 10.5 Å². The molecule has 98 valence electrons. The predicted molar refractivity (Wildman–Crippen MR) is 68.4 cm³/mol. The Morgan fingerprint density at radius 1 is 1.12 bits per heavy atom. The fourth-order valence-corrected chi connectivity index (χ4v) is 2.25. The quantitative estimate of drug-likeness (QED) is 0.688. The van der Waals surface area contributed by atoms with E-state index in [2.05, 4.69) is 16.7 Å². The minimum atomic E-state index is -0.285. The molecule has 0 aromatic heterocycles. The molecule has 4 nitrogen and oxygen atoms in total. The normalized spacial score (nSPS) is 22.6. The Hall–Kier alpha value is -0.160. The first-order chi connectivity index (χ1) is 7.99. The number of hydrogen-bond donors (Lipinski definition) is 0. The van der Waals surface area contributed by atoms with Crippen molar-refractivity contribution in [2.24, 2.45) is 0 Å². The molecule has 0 aromatic rings. The zero-order valence-electron chi connectivity index (χ0n) is 9.99. The number of carbonyl (C=O) groups excluding carboxylic acids is 2. The molecule has 1 saturated heterocycles. The first kappa shape index (κ1) is 14.9. The van der Waals surface area contributed by atoms with Gasteiger partial charge in [-0.15, -0.1) is 0 Å². The Kier molecular flexibility index (Phi) is 6.41. The van der Waals surface area contributed by atoms with E-state index in [1.807, 2.05) is 0 Å². The second-order valence-electron chi connectivity index (χ2n) is 4.40. The summed E-state index contributed by atoms with van der Waals surface area (Å²) in [5.74, 6) is 0. The Morgan fingerprint density at radius 2 is 1.71 bits per heavy atom. The lowest BCUT2D eigenvalue weighted by Crippen LogP contribution is -2.52. The lowest BCUT2D eigenvalue weighted by molar-refractivity contribution is -0.113. The number of piperazine rings is 1. The van der Waals surface area contributed by atoms with Crippen molar-refractivity contribution in [3.63, 3.8) is 0 Å². The molecule has 0 saturated carbocycles. The number of carbonyl (C=O) groups is 2. The van der Waals surface area contributed by atoms with Gasteiger partial charge in [-0.3, -0.25) is 14.5 Å². The lowest BCUT2D eigenvalue weighted by Gasteiger charge is -2.39. The molecule has 0 bridgehead atoms. The third kappa shape index (κ3) is 5.82. The van der Waals surface area contributed by atoms with Gasteiger partial charge in [0, 0.05) is 51.6 Å². The van der Waals surface area contributed by atoms with Crippen LogP contribution in [0.3, 0.4) is 0 Å². The van der Waals surface area contributed by atoms with Gasteiger partial charge in [0.15, 0.2) is 0 Å². The number of hydrogen-bond acceptors (Lipinski definition) is 4. The monoisotopic (exact) mass is 280 g/mol. The molecule has 17 heavy (non-hydrogen) atoms. The fraction of sp³-hybridized carbons (Fsp3) is 0.818. The number of halogens is 2. The molecule has 0 amide bonds. The first-order valence-corrected chi connectivity index (χ1v) is 6.57. The van der Waals surface area contributed by atoms with Crippen molar-refractivity contribution in [1.82, 2.24) is 9.80 Å². The van der Waals surface area contributed by atoms with Gasteiger partial charge in [-0.05, 0) is 30.1 Å². The second kappa shape index (κ2) is 7.31. The van der Waals surface area contributed by atoms with Crippen molar-refractivity contribution in [2.45, 2.75) is 25.8 Å². The first-order valence-electron chi connectivity index (χ1n) is 5.82. The van der Waals surface area contributed by atoms with Crippen LogP contribution in [0.15, 0.2) is 0 Å². The summed E-state index contributed by atoms with van der Waals surface area (Å²) in [4.78, 5) is 25.9. The maximum absolute atomic E-state index is 10.7. The SMILES string of the molecule is CC1CN(CCC(=O)Cl)CCN1CCC(=O)Cl. The van der Waals surface area contributed by atoms with E-state index >= 15 is 0 Å². The van der Waals surface area contributed by atoms with Crippen LogP contribution in [-0.2, 0) is 9.59 Å². The van der Waals surface area contributed by atoms with E-state index in [0.29, 0.717) is 25.4 Å². The predicted octanol–water partition coefficient (Wildman–Crippen LogP) is 1.30. The summed E-state index contributed by atoms with van der Waals surface area (Å²) >= 11 is 10.6. The maximum atomic E-state index is 10.7. The average molecular weight is 281 g/mol. The molecule has 1 atom stereocenters. The zero-order valence-corrected chi connectivity index (χ0v) is 11.5. The van der Waals surface area contributed by atoms with Crippen LogP contribution in [0.4, 0.5) is 0 Å². The molecule has 1 fully saturated rings. The highest BCUT2D eigenvalue weighted by atomic mass is 35.5. The summed E-state index contributed by atoms with van der Waals surface area (Å²) < 4.78 is 0. The van der Waals surface area contributed by atoms with Gasteiger partial charge in [-0.1, -0.05) is 0 Å². The van der Waals surface area contributed by atoms with Gasteiger partial charge in [0.2, 0.25) is 10.5 Å². The topological polar surface area (TPSA) is 40.6 Å². The third-order valence-corrected chi connectivity index (χ3v) is 3.45. The molecule has 6 heteroatoms. The van der Waals surface area contributed by atoms with E-state index in [1.165, 1.54) is 0 Å². The van der Waals surface area contributed by atoms with E-state index < -0.39 is 0 Å². The highest BCUT2D eigenvalue weighted by molar-refractivity contribution is 6.63.